The van der Waals surface area contributed by atoms with Gasteiger partial charge in [0.25, 0.3) is 0 Å². The molecule has 0 spiro atoms. The van der Waals surface area contributed by atoms with E-state index in [0.717, 1.165) is 23.7 Å². The molecule has 1 N–H and O–H groups in total. The van der Waals surface area contributed by atoms with E-state index in [1.807, 2.05) is 0 Å². The Morgan fingerprint density at radius 1 is 0.842 bits per heavy atom. The van der Waals surface area contributed by atoms with Crippen molar-refractivity contribution < 1.29 is 0 Å². The lowest BCUT2D eigenvalue weighted by molar-refractivity contribution is 0.243. The van der Waals surface area contributed by atoms with Crippen LogP contribution in [0, 0.1) is 23.7 Å². The minimum atomic E-state index is 0.791. The van der Waals surface area contributed by atoms with Gasteiger partial charge in [-0.2, -0.15) is 0 Å². The third kappa shape index (κ3) is 5.45. The van der Waals surface area contributed by atoms with Crippen molar-refractivity contribution in [1.29, 1.82) is 0 Å². The molecule has 0 aromatic rings. The molecule has 0 radical (unpaired) electrons. The van der Waals surface area contributed by atoms with Crippen molar-refractivity contribution in [1.82, 2.24) is 5.32 Å². The van der Waals surface area contributed by atoms with Crippen molar-refractivity contribution in [3.63, 3.8) is 0 Å². The predicted octanol–water partition coefficient (Wildman–Crippen LogP) is 5.01. The van der Waals surface area contributed by atoms with Gasteiger partial charge in [-0.15, -0.1) is 0 Å². The van der Waals surface area contributed by atoms with Crippen LogP contribution in [-0.2, 0) is 0 Å². The largest absolute Gasteiger partial charge is 0.316 e. The molecule has 2 fully saturated rings. The van der Waals surface area contributed by atoms with Gasteiger partial charge in [-0.3, -0.25) is 0 Å². The van der Waals surface area contributed by atoms with Crippen LogP contribution in [0.25, 0.3) is 0 Å². The fourth-order valence-corrected chi connectivity index (χ4v) is 4.27. The molecule has 0 aliphatic heterocycles. The topological polar surface area (TPSA) is 12.0 Å². The Hall–Kier alpha value is -0.0400. The van der Waals surface area contributed by atoms with E-state index < -0.39 is 0 Å². The average molecular weight is 265 g/mol. The molecule has 0 saturated heterocycles. The van der Waals surface area contributed by atoms with Crippen molar-refractivity contribution in [3.05, 3.63) is 0 Å². The van der Waals surface area contributed by atoms with Crippen molar-refractivity contribution in [2.75, 3.05) is 13.1 Å². The summed E-state index contributed by atoms with van der Waals surface area (Å²) in [5.74, 6) is 3.88. The molecule has 2 unspecified atom stereocenters. The lowest BCUT2D eigenvalue weighted by Gasteiger charge is -2.28. The molecule has 2 atom stereocenters. The SMILES string of the molecule is CC(C)CNCC1CCCCCC1CC1CCCC1. The summed E-state index contributed by atoms with van der Waals surface area (Å²) >= 11 is 0. The Bertz CT molecular complexity index is 230. The van der Waals surface area contributed by atoms with E-state index in [1.54, 1.807) is 6.42 Å². The lowest BCUT2D eigenvalue weighted by atomic mass is 9.80. The molecule has 0 bridgehead atoms. The van der Waals surface area contributed by atoms with Gasteiger partial charge in [-0.05, 0) is 49.6 Å². The van der Waals surface area contributed by atoms with Gasteiger partial charge in [-0.25, -0.2) is 0 Å². The smallest absolute Gasteiger partial charge is 0.00178 e. The molecule has 0 heterocycles. The van der Waals surface area contributed by atoms with Gasteiger partial charge < -0.3 is 5.32 Å². The summed E-state index contributed by atoms with van der Waals surface area (Å²) in [4.78, 5) is 0. The number of rotatable bonds is 6. The van der Waals surface area contributed by atoms with E-state index in [-0.39, 0.29) is 0 Å². The van der Waals surface area contributed by atoms with Gasteiger partial charge in [0.2, 0.25) is 0 Å². The van der Waals surface area contributed by atoms with Crippen molar-refractivity contribution in [2.24, 2.45) is 23.7 Å². The second-order valence-corrected chi connectivity index (χ2v) is 7.60. The highest BCUT2D eigenvalue weighted by Crippen LogP contribution is 2.38. The first kappa shape index (κ1) is 15.4. The summed E-state index contributed by atoms with van der Waals surface area (Å²) < 4.78 is 0. The normalized spacial score (nSPS) is 29.8. The molecule has 2 rings (SSSR count). The molecular formula is C18H35N. The summed E-state index contributed by atoms with van der Waals surface area (Å²) in [6.45, 7) is 7.12. The van der Waals surface area contributed by atoms with Crippen molar-refractivity contribution in [2.45, 2.75) is 78.1 Å². The highest BCUT2D eigenvalue weighted by molar-refractivity contribution is 4.80. The van der Waals surface area contributed by atoms with Crippen LogP contribution in [0.1, 0.15) is 78.1 Å². The Labute approximate surface area is 120 Å². The van der Waals surface area contributed by atoms with Crippen LogP contribution < -0.4 is 5.32 Å². The zero-order valence-corrected chi connectivity index (χ0v) is 13.3. The minimum Gasteiger partial charge on any atom is -0.316 e. The first-order chi connectivity index (χ1) is 9.25. The van der Waals surface area contributed by atoms with Crippen molar-refractivity contribution in [3.8, 4) is 0 Å². The van der Waals surface area contributed by atoms with E-state index in [9.17, 15) is 0 Å². The Morgan fingerprint density at radius 3 is 2.16 bits per heavy atom. The molecule has 112 valence electrons. The quantitative estimate of drug-likeness (QED) is 0.666. The van der Waals surface area contributed by atoms with Crippen LogP contribution in [0.3, 0.4) is 0 Å². The number of hydrogen-bond donors (Lipinski definition) is 1. The van der Waals surface area contributed by atoms with Gasteiger partial charge in [0, 0.05) is 0 Å². The average Bonchev–Trinajstić information content (AvgIpc) is 2.78. The molecule has 2 aliphatic rings. The van der Waals surface area contributed by atoms with Crippen LogP contribution in [-0.4, -0.2) is 13.1 Å². The van der Waals surface area contributed by atoms with E-state index in [1.165, 1.54) is 70.9 Å². The summed E-state index contributed by atoms with van der Waals surface area (Å²) in [5, 5.41) is 3.74. The minimum absolute atomic E-state index is 0.791. The Morgan fingerprint density at radius 2 is 1.47 bits per heavy atom. The number of nitrogens with one attached hydrogen (secondary N) is 1. The molecule has 1 nitrogen and oxygen atoms in total. The van der Waals surface area contributed by atoms with Gasteiger partial charge in [0.1, 0.15) is 0 Å². The maximum Gasteiger partial charge on any atom is -0.00178 e. The Balaban J connectivity index is 1.79. The molecule has 0 amide bonds. The maximum atomic E-state index is 3.74. The van der Waals surface area contributed by atoms with E-state index >= 15 is 0 Å². The van der Waals surface area contributed by atoms with Gasteiger partial charge >= 0.3 is 0 Å². The van der Waals surface area contributed by atoms with E-state index in [0.29, 0.717) is 0 Å². The number of hydrogen-bond acceptors (Lipinski definition) is 1. The highest BCUT2D eigenvalue weighted by Gasteiger charge is 2.27. The molecule has 0 aromatic heterocycles. The second-order valence-electron chi connectivity index (χ2n) is 7.60. The fourth-order valence-electron chi connectivity index (χ4n) is 4.27. The monoisotopic (exact) mass is 265 g/mol. The first-order valence-corrected chi connectivity index (χ1v) is 8.96. The molecule has 2 aliphatic carbocycles. The summed E-state index contributed by atoms with van der Waals surface area (Å²) in [6.07, 6.45) is 15.1. The molecule has 19 heavy (non-hydrogen) atoms. The van der Waals surface area contributed by atoms with Crippen LogP contribution in [0.5, 0.6) is 0 Å². The molecule has 1 heteroatoms. The summed E-state index contributed by atoms with van der Waals surface area (Å²) in [6, 6.07) is 0. The standard InChI is InChI=1S/C18H35N/c1-15(2)13-19-14-18-11-5-3-4-10-17(18)12-16-8-6-7-9-16/h15-19H,3-14H2,1-2H3. The van der Waals surface area contributed by atoms with Gasteiger partial charge in [0.15, 0.2) is 0 Å². The molecule has 2 saturated carbocycles. The van der Waals surface area contributed by atoms with Crippen LogP contribution in [0.15, 0.2) is 0 Å². The van der Waals surface area contributed by atoms with E-state index in [2.05, 4.69) is 19.2 Å². The highest BCUT2D eigenvalue weighted by atomic mass is 14.9. The zero-order valence-electron chi connectivity index (χ0n) is 13.3. The summed E-state index contributed by atoms with van der Waals surface area (Å²) in [5.41, 5.74) is 0. The first-order valence-electron chi connectivity index (χ1n) is 8.96. The van der Waals surface area contributed by atoms with Gasteiger partial charge in [0.05, 0.1) is 0 Å². The Kier molecular flexibility index (Phi) is 6.70. The fraction of sp³-hybridized carbons (Fsp3) is 1.00. The predicted molar refractivity (Wildman–Crippen MR) is 84.3 cm³/mol. The maximum absolute atomic E-state index is 3.74. The third-order valence-electron chi connectivity index (χ3n) is 5.39. The lowest BCUT2D eigenvalue weighted by Crippen LogP contribution is -2.31. The summed E-state index contributed by atoms with van der Waals surface area (Å²) in [7, 11) is 0. The van der Waals surface area contributed by atoms with Gasteiger partial charge in [-0.1, -0.05) is 65.2 Å². The third-order valence-corrected chi connectivity index (χ3v) is 5.39. The van der Waals surface area contributed by atoms with Crippen LogP contribution in [0.4, 0.5) is 0 Å². The van der Waals surface area contributed by atoms with Crippen molar-refractivity contribution >= 4 is 0 Å². The van der Waals surface area contributed by atoms with E-state index in [4.69, 9.17) is 0 Å². The molecule has 0 aromatic carbocycles. The van der Waals surface area contributed by atoms with Crippen LogP contribution in [0.2, 0.25) is 0 Å². The second kappa shape index (κ2) is 8.29. The zero-order chi connectivity index (χ0) is 13.5. The van der Waals surface area contributed by atoms with Crippen LogP contribution >= 0.6 is 0 Å². The molecular weight excluding hydrogens is 230 g/mol.